The van der Waals surface area contributed by atoms with Crippen molar-refractivity contribution in [3.63, 3.8) is 0 Å². The van der Waals surface area contributed by atoms with Crippen LogP contribution < -0.4 is 0 Å². The van der Waals surface area contributed by atoms with Crippen LogP contribution in [0.15, 0.2) is 28.1 Å². The zero-order valence-electron chi connectivity index (χ0n) is 9.71. The molecule has 0 fully saturated rings. The highest BCUT2D eigenvalue weighted by atomic mass is 31.2. The van der Waals surface area contributed by atoms with E-state index in [0.717, 1.165) is 0 Å². The molecule has 0 aromatic carbocycles. The van der Waals surface area contributed by atoms with E-state index in [4.69, 9.17) is 13.5 Å². The van der Waals surface area contributed by atoms with Gasteiger partial charge in [-0.2, -0.15) is 0 Å². The zero-order valence-corrected chi connectivity index (χ0v) is 10.6. The number of hydrogen-bond donors (Lipinski definition) is 0. The molecule has 0 unspecified atom stereocenters. The summed E-state index contributed by atoms with van der Waals surface area (Å²) in [4.78, 5) is 11.5. The Morgan fingerprint density at radius 1 is 1.35 bits per heavy atom. The molecule has 0 aliphatic carbocycles. The third-order valence-electron chi connectivity index (χ3n) is 1.99. The summed E-state index contributed by atoms with van der Waals surface area (Å²) in [5.41, 5.74) is 0. The van der Waals surface area contributed by atoms with E-state index in [-0.39, 0.29) is 5.31 Å². The molecule has 1 heterocycles. The molecule has 6 nitrogen and oxygen atoms in total. The SMILES string of the molecule is COC(=O)/C(=C/c1ccco1)P(=O)(OC)OC. The van der Waals surface area contributed by atoms with Gasteiger partial charge >= 0.3 is 13.6 Å². The van der Waals surface area contributed by atoms with Gasteiger partial charge in [0, 0.05) is 20.3 Å². The van der Waals surface area contributed by atoms with Gasteiger partial charge in [-0.1, -0.05) is 0 Å². The molecule has 0 amide bonds. The van der Waals surface area contributed by atoms with Gasteiger partial charge in [0.1, 0.15) is 5.76 Å². The average molecular weight is 260 g/mol. The van der Waals surface area contributed by atoms with Gasteiger partial charge in [-0.15, -0.1) is 0 Å². The van der Waals surface area contributed by atoms with Crippen LogP contribution in [0, 0.1) is 0 Å². The molecule has 0 spiro atoms. The average Bonchev–Trinajstić information content (AvgIpc) is 2.87. The first-order valence-electron chi connectivity index (χ1n) is 4.63. The van der Waals surface area contributed by atoms with Crippen molar-refractivity contribution in [2.75, 3.05) is 21.3 Å². The van der Waals surface area contributed by atoms with Crippen LogP contribution in [0.5, 0.6) is 0 Å². The van der Waals surface area contributed by atoms with Gasteiger partial charge in [-0.25, -0.2) is 4.79 Å². The fourth-order valence-corrected chi connectivity index (χ4v) is 2.28. The van der Waals surface area contributed by atoms with E-state index in [1.165, 1.54) is 33.7 Å². The van der Waals surface area contributed by atoms with Crippen LogP contribution in [-0.2, 0) is 23.1 Å². The predicted octanol–water partition coefficient (Wildman–Crippen LogP) is 2.28. The van der Waals surface area contributed by atoms with E-state index < -0.39 is 13.6 Å². The molecule has 0 saturated carbocycles. The summed E-state index contributed by atoms with van der Waals surface area (Å²) in [6.07, 6.45) is 2.69. The third-order valence-corrected chi connectivity index (χ3v) is 3.86. The van der Waals surface area contributed by atoms with E-state index in [9.17, 15) is 9.36 Å². The molecule has 1 aromatic heterocycles. The molecule has 0 radical (unpaired) electrons. The van der Waals surface area contributed by atoms with Crippen LogP contribution >= 0.6 is 7.60 Å². The number of ether oxygens (including phenoxy) is 1. The summed E-state index contributed by atoms with van der Waals surface area (Å²) in [5.74, 6) is -0.451. The molecular formula is C10H13O6P. The minimum atomic E-state index is -3.68. The molecule has 94 valence electrons. The number of methoxy groups -OCH3 is 1. The number of carbonyl (C=O) groups is 1. The van der Waals surface area contributed by atoms with E-state index in [2.05, 4.69) is 4.74 Å². The minimum absolute atomic E-state index is 0.222. The van der Waals surface area contributed by atoms with Crippen molar-refractivity contribution in [1.82, 2.24) is 0 Å². The maximum absolute atomic E-state index is 12.1. The molecule has 0 saturated heterocycles. The van der Waals surface area contributed by atoms with E-state index in [1.54, 1.807) is 12.1 Å². The summed E-state index contributed by atoms with van der Waals surface area (Å²) in [6, 6.07) is 3.23. The van der Waals surface area contributed by atoms with Crippen LogP contribution in [0.25, 0.3) is 6.08 Å². The molecule has 0 aliphatic rings. The fourth-order valence-electron chi connectivity index (χ4n) is 1.13. The Kier molecular flexibility index (Phi) is 4.69. The highest BCUT2D eigenvalue weighted by Gasteiger charge is 2.34. The van der Waals surface area contributed by atoms with Crippen LogP contribution in [0.4, 0.5) is 0 Å². The van der Waals surface area contributed by atoms with Crippen LogP contribution in [0.2, 0.25) is 0 Å². The van der Waals surface area contributed by atoms with Crippen LogP contribution in [0.1, 0.15) is 5.76 Å². The smallest absolute Gasteiger partial charge is 0.368 e. The molecular weight excluding hydrogens is 247 g/mol. The Morgan fingerprint density at radius 3 is 2.41 bits per heavy atom. The Hall–Kier alpha value is -1.36. The highest BCUT2D eigenvalue weighted by molar-refractivity contribution is 7.60. The van der Waals surface area contributed by atoms with Crippen molar-refractivity contribution < 1.29 is 27.6 Å². The minimum Gasteiger partial charge on any atom is -0.465 e. The van der Waals surface area contributed by atoms with Gasteiger partial charge in [0.2, 0.25) is 0 Å². The Labute approximate surface area is 98.7 Å². The Balaban J connectivity index is 3.22. The first-order chi connectivity index (χ1) is 8.07. The van der Waals surface area contributed by atoms with Gasteiger partial charge in [-0.05, 0) is 12.1 Å². The van der Waals surface area contributed by atoms with Crippen molar-refractivity contribution in [2.45, 2.75) is 0 Å². The first kappa shape index (κ1) is 13.7. The number of hydrogen-bond acceptors (Lipinski definition) is 6. The lowest BCUT2D eigenvalue weighted by atomic mass is 10.4. The van der Waals surface area contributed by atoms with Crippen molar-refractivity contribution in [3.05, 3.63) is 29.5 Å². The largest absolute Gasteiger partial charge is 0.465 e. The summed E-state index contributed by atoms with van der Waals surface area (Å²) < 4.78 is 31.2. The molecule has 0 atom stereocenters. The molecule has 0 aliphatic heterocycles. The number of carbonyl (C=O) groups excluding carboxylic acids is 1. The maximum atomic E-state index is 12.1. The quantitative estimate of drug-likeness (QED) is 0.459. The summed E-state index contributed by atoms with van der Waals surface area (Å²) in [6.45, 7) is 0. The van der Waals surface area contributed by atoms with Crippen molar-refractivity contribution in [2.24, 2.45) is 0 Å². The monoisotopic (exact) mass is 260 g/mol. The Bertz CT molecular complexity index is 439. The molecule has 1 aromatic rings. The van der Waals surface area contributed by atoms with E-state index >= 15 is 0 Å². The third kappa shape index (κ3) is 3.06. The van der Waals surface area contributed by atoms with E-state index in [1.807, 2.05) is 0 Å². The normalized spacial score (nSPS) is 12.5. The lowest BCUT2D eigenvalue weighted by Crippen LogP contribution is -2.07. The maximum Gasteiger partial charge on any atom is 0.368 e. The summed E-state index contributed by atoms with van der Waals surface area (Å²) in [5, 5.41) is -0.222. The van der Waals surface area contributed by atoms with Crippen molar-refractivity contribution in [3.8, 4) is 0 Å². The lowest BCUT2D eigenvalue weighted by Gasteiger charge is -2.14. The first-order valence-corrected chi connectivity index (χ1v) is 6.17. The fraction of sp³-hybridized carbons (Fsp3) is 0.300. The van der Waals surface area contributed by atoms with Gasteiger partial charge in [0.05, 0.1) is 13.4 Å². The van der Waals surface area contributed by atoms with Gasteiger partial charge in [-0.3, -0.25) is 4.57 Å². The summed E-state index contributed by atoms with van der Waals surface area (Å²) >= 11 is 0. The van der Waals surface area contributed by atoms with Crippen molar-refractivity contribution >= 4 is 19.6 Å². The van der Waals surface area contributed by atoms with Crippen LogP contribution in [0.3, 0.4) is 0 Å². The van der Waals surface area contributed by atoms with Gasteiger partial charge in [0.25, 0.3) is 0 Å². The predicted molar refractivity (Wildman–Crippen MR) is 60.3 cm³/mol. The topological polar surface area (TPSA) is 75.0 Å². The molecule has 7 heteroatoms. The number of furan rings is 1. The molecule has 1 rings (SSSR count). The number of rotatable bonds is 5. The number of esters is 1. The molecule has 0 N–H and O–H groups in total. The lowest BCUT2D eigenvalue weighted by molar-refractivity contribution is -0.135. The van der Waals surface area contributed by atoms with Gasteiger partial charge < -0.3 is 18.2 Å². The second-order valence-electron chi connectivity index (χ2n) is 2.90. The highest BCUT2D eigenvalue weighted by Crippen LogP contribution is 2.55. The second-order valence-corrected chi connectivity index (χ2v) is 5.11. The second kappa shape index (κ2) is 5.82. The van der Waals surface area contributed by atoms with E-state index in [0.29, 0.717) is 5.76 Å². The zero-order chi connectivity index (χ0) is 12.9. The van der Waals surface area contributed by atoms with Gasteiger partial charge in [0.15, 0.2) is 5.31 Å². The molecule has 0 bridgehead atoms. The molecule has 17 heavy (non-hydrogen) atoms. The summed E-state index contributed by atoms with van der Waals surface area (Å²) in [7, 11) is -0.136. The standard InChI is InChI=1S/C10H13O6P/c1-13-10(11)9(17(12,14-2)15-3)7-8-5-4-6-16-8/h4-7H,1-3H3/b9-7-. The Morgan fingerprint density at radius 2 is 2.00 bits per heavy atom. The van der Waals surface area contributed by atoms with Crippen molar-refractivity contribution in [1.29, 1.82) is 0 Å². The van der Waals surface area contributed by atoms with Crippen LogP contribution in [-0.4, -0.2) is 27.3 Å².